The first-order chi connectivity index (χ1) is 13.9. The van der Waals surface area contributed by atoms with Crippen LogP contribution in [0.3, 0.4) is 0 Å². The standard InChI is InChI=1S/C20H18F3N3O3/c1-27-16-9-12(10-17(28-2)18(16)29-3)15-7-8-24-19(26-15)25-14-6-4-5-13(11-14)20(21,22)23/h4-11H,1-3H3,(H,24,25,26). The number of ether oxygens (including phenoxy) is 3. The molecule has 0 aliphatic heterocycles. The number of nitrogens with one attached hydrogen (secondary N) is 1. The molecule has 152 valence electrons. The summed E-state index contributed by atoms with van der Waals surface area (Å²) in [5, 5.41) is 2.80. The highest BCUT2D eigenvalue weighted by Crippen LogP contribution is 2.41. The summed E-state index contributed by atoms with van der Waals surface area (Å²) in [5.41, 5.74) is 0.646. The van der Waals surface area contributed by atoms with Crippen LogP contribution in [0, 0.1) is 0 Å². The van der Waals surface area contributed by atoms with Gasteiger partial charge < -0.3 is 19.5 Å². The lowest BCUT2D eigenvalue weighted by Crippen LogP contribution is -2.05. The number of aromatic nitrogens is 2. The molecule has 1 aromatic heterocycles. The van der Waals surface area contributed by atoms with Gasteiger partial charge in [0.2, 0.25) is 11.7 Å². The number of methoxy groups -OCH3 is 3. The fourth-order valence-corrected chi connectivity index (χ4v) is 2.71. The third-order valence-electron chi connectivity index (χ3n) is 4.06. The van der Waals surface area contributed by atoms with Crippen LogP contribution in [-0.2, 0) is 6.18 Å². The topological polar surface area (TPSA) is 65.5 Å². The molecule has 0 saturated heterocycles. The van der Waals surface area contributed by atoms with E-state index in [1.807, 2.05) is 0 Å². The molecular formula is C20H18F3N3O3. The highest BCUT2D eigenvalue weighted by Gasteiger charge is 2.30. The van der Waals surface area contributed by atoms with E-state index in [1.165, 1.54) is 39.7 Å². The minimum atomic E-state index is -4.43. The van der Waals surface area contributed by atoms with Crippen molar-refractivity contribution in [1.82, 2.24) is 9.97 Å². The summed E-state index contributed by atoms with van der Waals surface area (Å²) in [6.07, 6.45) is -2.93. The second kappa shape index (κ2) is 8.26. The monoisotopic (exact) mass is 405 g/mol. The van der Waals surface area contributed by atoms with Gasteiger partial charge in [0.1, 0.15) is 0 Å². The molecule has 1 N–H and O–H groups in total. The lowest BCUT2D eigenvalue weighted by Gasteiger charge is -2.14. The highest BCUT2D eigenvalue weighted by atomic mass is 19.4. The molecule has 6 nitrogen and oxygen atoms in total. The zero-order chi connectivity index (χ0) is 21.0. The van der Waals surface area contributed by atoms with Crippen LogP contribution < -0.4 is 19.5 Å². The van der Waals surface area contributed by atoms with Gasteiger partial charge in [0.05, 0.1) is 32.6 Å². The van der Waals surface area contributed by atoms with Crippen molar-refractivity contribution in [2.75, 3.05) is 26.6 Å². The van der Waals surface area contributed by atoms with Gasteiger partial charge in [-0.25, -0.2) is 9.97 Å². The van der Waals surface area contributed by atoms with E-state index >= 15 is 0 Å². The number of hydrogen-bond donors (Lipinski definition) is 1. The van der Waals surface area contributed by atoms with Crippen LogP contribution in [0.15, 0.2) is 48.7 Å². The maximum Gasteiger partial charge on any atom is 0.416 e. The Hall–Kier alpha value is -3.49. The normalized spacial score (nSPS) is 11.1. The third kappa shape index (κ3) is 4.50. The summed E-state index contributed by atoms with van der Waals surface area (Å²) >= 11 is 0. The van der Waals surface area contributed by atoms with E-state index in [0.717, 1.165) is 12.1 Å². The minimum Gasteiger partial charge on any atom is -0.493 e. The number of rotatable bonds is 6. The van der Waals surface area contributed by atoms with Gasteiger partial charge in [-0.1, -0.05) is 6.07 Å². The summed E-state index contributed by atoms with van der Waals surface area (Å²) < 4.78 is 54.7. The second-order valence-corrected chi connectivity index (χ2v) is 5.88. The zero-order valence-corrected chi connectivity index (χ0v) is 15.9. The molecule has 0 radical (unpaired) electrons. The molecule has 0 bridgehead atoms. The average molecular weight is 405 g/mol. The summed E-state index contributed by atoms with van der Waals surface area (Å²) in [7, 11) is 4.51. The Morgan fingerprint density at radius 1 is 0.897 bits per heavy atom. The first-order valence-electron chi connectivity index (χ1n) is 8.43. The molecule has 0 amide bonds. The van der Waals surface area contributed by atoms with E-state index in [-0.39, 0.29) is 11.6 Å². The zero-order valence-electron chi connectivity index (χ0n) is 15.9. The Bertz CT molecular complexity index is 984. The Balaban J connectivity index is 1.95. The molecule has 0 unspecified atom stereocenters. The van der Waals surface area contributed by atoms with Crippen LogP contribution >= 0.6 is 0 Å². The van der Waals surface area contributed by atoms with Crippen LogP contribution in [0.4, 0.5) is 24.8 Å². The number of nitrogens with zero attached hydrogens (tertiary/aromatic N) is 2. The van der Waals surface area contributed by atoms with Crippen molar-refractivity contribution in [2.45, 2.75) is 6.18 Å². The van der Waals surface area contributed by atoms with Gasteiger partial charge in [-0.15, -0.1) is 0 Å². The predicted molar refractivity (Wildman–Crippen MR) is 102 cm³/mol. The minimum absolute atomic E-state index is 0.149. The van der Waals surface area contributed by atoms with Gasteiger partial charge in [-0.2, -0.15) is 13.2 Å². The first kappa shape index (κ1) is 20.2. The van der Waals surface area contributed by atoms with Crippen molar-refractivity contribution in [3.8, 4) is 28.5 Å². The molecule has 1 heterocycles. The Kier molecular flexibility index (Phi) is 5.76. The second-order valence-electron chi connectivity index (χ2n) is 5.88. The molecule has 0 saturated carbocycles. The summed E-state index contributed by atoms with van der Waals surface area (Å²) in [6, 6.07) is 9.92. The van der Waals surface area contributed by atoms with Gasteiger partial charge in [-0.3, -0.25) is 0 Å². The van der Waals surface area contributed by atoms with Crippen molar-refractivity contribution >= 4 is 11.6 Å². The SMILES string of the molecule is COc1cc(-c2ccnc(Nc3cccc(C(F)(F)F)c3)n2)cc(OC)c1OC. The summed E-state index contributed by atoms with van der Waals surface area (Å²) in [5.74, 6) is 1.49. The summed E-state index contributed by atoms with van der Waals surface area (Å²) in [4.78, 5) is 8.46. The van der Waals surface area contributed by atoms with Crippen molar-refractivity contribution < 1.29 is 27.4 Å². The smallest absolute Gasteiger partial charge is 0.416 e. The number of halogens is 3. The molecule has 9 heteroatoms. The van der Waals surface area contributed by atoms with E-state index < -0.39 is 11.7 Å². The predicted octanol–water partition coefficient (Wildman–Crippen LogP) is 4.93. The van der Waals surface area contributed by atoms with E-state index in [0.29, 0.717) is 28.5 Å². The van der Waals surface area contributed by atoms with E-state index in [2.05, 4.69) is 15.3 Å². The molecule has 0 aliphatic rings. The van der Waals surface area contributed by atoms with Crippen LogP contribution in [0.25, 0.3) is 11.3 Å². The van der Waals surface area contributed by atoms with Gasteiger partial charge >= 0.3 is 6.18 Å². The molecule has 3 aromatic rings. The number of anilines is 2. The molecular weight excluding hydrogens is 387 g/mol. The van der Waals surface area contributed by atoms with E-state index in [4.69, 9.17) is 14.2 Å². The first-order valence-corrected chi connectivity index (χ1v) is 8.43. The van der Waals surface area contributed by atoms with Crippen LogP contribution in [0.1, 0.15) is 5.56 Å². The average Bonchev–Trinajstić information content (AvgIpc) is 2.72. The lowest BCUT2D eigenvalue weighted by atomic mass is 10.1. The van der Waals surface area contributed by atoms with Crippen molar-refractivity contribution in [1.29, 1.82) is 0 Å². The molecule has 0 fully saturated rings. The fraction of sp³-hybridized carbons (Fsp3) is 0.200. The number of benzene rings is 2. The molecule has 29 heavy (non-hydrogen) atoms. The van der Waals surface area contributed by atoms with Crippen LogP contribution in [-0.4, -0.2) is 31.3 Å². The quantitative estimate of drug-likeness (QED) is 0.627. The molecule has 0 atom stereocenters. The van der Waals surface area contributed by atoms with E-state index in [1.54, 1.807) is 18.2 Å². The van der Waals surface area contributed by atoms with Crippen molar-refractivity contribution in [3.05, 3.63) is 54.2 Å². The molecule has 0 aliphatic carbocycles. The number of hydrogen-bond acceptors (Lipinski definition) is 6. The van der Waals surface area contributed by atoms with Gasteiger partial charge in [0.15, 0.2) is 11.5 Å². The van der Waals surface area contributed by atoms with Crippen molar-refractivity contribution in [2.24, 2.45) is 0 Å². The highest BCUT2D eigenvalue weighted by molar-refractivity contribution is 5.69. The molecule has 2 aromatic carbocycles. The molecule has 3 rings (SSSR count). The van der Waals surface area contributed by atoms with Crippen molar-refractivity contribution in [3.63, 3.8) is 0 Å². The Labute approximate surface area is 165 Å². The van der Waals surface area contributed by atoms with Gasteiger partial charge in [-0.05, 0) is 36.4 Å². The fourth-order valence-electron chi connectivity index (χ4n) is 2.71. The van der Waals surface area contributed by atoms with Gasteiger partial charge in [0.25, 0.3) is 0 Å². The molecule has 0 spiro atoms. The van der Waals surface area contributed by atoms with Crippen LogP contribution in [0.5, 0.6) is 17.2 Å². The summed E-state index contributed by atoms with van der Waals surface area (Å²) in [6.45, 7) is 0. The Morgan fingerprint density at radius 3 is 2.17 bits per heavy atom. The lowest BCUT2D eigenvalue weighted by molar-refractivity contribution is -0.137. The largest absolute Gasteiger partial charge is 0.493 e. The number of alkyl halides is 3. The Morgan fingerprint density at radius 2 is 1.59 bits per heavy atom. The third-order valence-corrected chi connectivity index (χ3v) is 4.06. The maximum absolute atomic E-state index is 12.9. The maximum atomic E-state index is 12.9. The van der Waals surface area contributed by atoms with Gasteiger partial charge in [0, 0.05) is 17.4 Å². The van der Waals surface area contributed by atoms with Crippen LogP contribution in [0.2, 0.25) is 0 Å². The van der Waals surface area contributed by atoms with E-state index in [9.17, 15) is 13.2 Å².